The van der Waals surface area contributed by atoms with Crippen molar-refractivity contribution in [2.45, 2.75) is 24.0 Å². The number of nitrogens with zero attached hydrogens (tertiary/aromatic N) is 1. The summed E-state index contributed by atoms with van der Waals surface area (Å²) < 4.78 is 26.3. The summed E-state index contributed by atoms with van der Waals surface area (Å²) in [7, 11) is -2.48. The largest absolute Gasteiger partial charge is 0.351 e. The Labute approximate surface area is 152 Å². The maximum atomic E-state index is 13.2. The lowest BCUT2D eigenvalue weighted by Crippen LogP contribution is -2.41. The van der Waals surface area contributed by atoms with E-state index in [1.807, 2.05) is 13.8 Å². The number of sulfone groups is 1. The number of hydrogen-bond donors (Lipinski definition) is 2. The molecule has 0 saturated heterocycles. The van der Waals surface area contributed by atoms with E-state index in [1.54, 1.807) is 30.3 Å². The molecule has 0 spiro atoms. The van der Waals surface area contributed by atoms with Gasteiger partial charge in [-0.15, -0.1) is 0 Å². The molecule has 0 unspecified atom stereocenters. The van der Waals surface area contributed by atoms with Crippen molar-refractivity contribution in [2.24, 2.45) is 0 Å². The molecule has 2 rings (SSSR count). The Bertz CT molecular complexity index is 911. The summed E-state index contributed by atoms with van der Waals surface area (Å²) >= 11 is 0. The smallest absolute Gasteiger partial charge is 0.309 e. The van der Waals surface area contributed by atoms with Crippen LogP contribution in [0.25, 0.3) is 0 Å². The van der Waals surface area contributed by atoms with Gasteiger partial charge in [0.15, 0.2) is 9.84 Å². The van der Waals surface area contributed by atoms with Gasteiger partial charge in [0.25, 0.3) is 0 Å². The number of carbonyl (C=O) groups excluding carboxylic acids is 2. The summed E-state index contributed by atoms with van der Waals surface area (Å²) in [6.45, 7) is 3.49. The van der Waals surface area contributed by atoms with Crippen molar-refractivity contribution in [3.8, 4) is 0 Å². The van der Waals surface area contributed by atoms with Crippen LogP contribution in [0, 0.1) is 13.8 Å². The van der Waals surface area contributed by atoms with Gasteiger partial charge >= 0.3 is 11.8 Å². The molecule has 0 aliphatic heterocycles. The van der Waals surface area contributed by atoms with Crippen LogP contribution < -0.4 is 10.6 Å². The topological polar surface area (TPSA) is 105 Å². The van der Waals surface area contributed by atoms with Crippen LogP contribution in [0.2, 0.25) is 0 Å². The zero-order valence-electron chi connectivity index (χ0n) is 14.8. The quantitative estimate of drug-likeness (QED) is 0.761. The van der Waals surface area contributed by atoms with Crippen molar-refractivity contribution in [1.82, 2.24) is 15.6 Å². The second kappa shape index (κ2) is 8.09. The van der Waals surface area contributed by atoms with E-state index in [9.17, 15) is 18.0 Å². The minimum absolute atomic E-state index is 0.156. The zero-order chi connectivity index (χ0) is 19.3. The number of nitrogens with one attached hydrogen (secondary N) is 2. The predicted octanol–water partition coefficient (Wildman–Crippen LogP) is 1.08. The van der Waals surface area contributed by atoms with Crippen molar-refractivity contribution in [2.75, 3.05) is 13.6 Å². The minimum Gasteiger partial charge on any atom is -0.351 e. The summed E-state index contributed by atoms with van der Waals surface area (Å²) in [5.41, 5.74) is 2.27. The molecule has 1 atom stereocenters. The van der Waals surface area contributed by atoms with E-state index in [0.717, 1.165) is 11.1 Å². The van der Waals surface area contributed by atoms with Crippen molar-refractivity contribution in [3.63, 3.8) is 0 Å². The fourth-order valence-corrected chi connectivity index (χ4v) is 4.14. The first-order chi connectivity index (χ1) is 12.3. The normalized spacial score (nSPS) is 12.3. The minimum atomic E-state index is -3.81. The Morgan fingerprint density at radius 3 is 2.42 bits per heavy atom. The molecule has 0 radical (unpaired) electrons. The fourth-order valence-electron chi connectivity index (χ4n) is 2.41. The number of aromatic nitrogens is 1. The number of hydrogen-bond acceptors (Lipinski definition) is 5. The van der Waals surface area contributed by atoms with Crippen LogP contribution in [0.3, 0.4) is 0 Å². The molecule has 2 amide bonds. The first-order valence-corrected chi connectivity index (χ1v) is 9.53. The number of carbonyl (C=O) groups is 2. The Morgan fingerprint density at radius 2 is 1.85 bits per heavy atom. The molecule has 7 nitrogen and oxygen atoms in total. The number of rotatable bonds is 5. The van der Waals surface area contributed by atoms with Crippen LogP contribution in [0.5, 0.6) is 0 Å². The van der Waals surface area contributed by atoms with E-state index in [0.29, 0.717) is 5.56 Å². The first-order valence-electron chi connectivity index (χ1n) is 7.98. The molecule has 26 heavy (non-hydrogen) atoms. The maximum Gasteiger partial charge on any atom is 0.309 e. The highest BCUT2D eigenvalue weighted by atomic mass is 32.2. The van der Waals surface area contributed by atoms with Gasteiger partial charge in [-0.25, -0.2) is 8.42 Å². The number of amides is 2. The maximum absolute atomic E-state index is 13.2. The van der Waals surface area contributed by atoms with Crippen LogP contribution in [-0.2, 0) is 19.4 Å². The van der Waals surface area contributed by atoms with Crippen molar-refractivity contribution >= 4 is 21.7 Å². The summed E-state index contributed by atoms with van der Waals surface area (Å²) in [4.78, 5) is 27.2. The highest BCUT2D eigenvalue weighted by Gasteiger charge is 2.30. The summed E-state index contributed by atoms with van der Waals surface area (Å²) in [5, 5.41) is 3.51. The van der Waals surface area contributed by atoms with Gasteiger partial charge in [0, 0.05) is 26.0 Å². The molecule has 2 N–H and O–H groups in total. The van der Waals surface area contributed by atoms with Gasteiger partial charge in [-0.05, 0) is 48.7 Å². The van der Waals surface area contributed by atoms with Crippen molar-refractivity contribution in [3.05, 3.63) is 59.4 Å². The lowest BCUT2D eigenvalue weighted by molar-refractivity contribution is -0.138. The van der Waals surface area contributed by atoms with E-state index in [1.165, 1.54) is 19.4 Å². The molecule has 1 heterocycles. The Hall–Kier alpha value is -2.74. The monoisotopic (exact) mass is 375 g/mol. The third kappa shape index (κ3) is 4.26. The molecular formula is C18H21N3O4S. The summed E-state index contributed by atoms with van der Waals surface area (Å²) in [6.07, 6.45) is 2.97. The summed E-state index contributed by atoms with van der Waals surface area (Å²) in [5.74, 6) is -1.73. The number of pyridine rings is 1. The number of benzene rings is 1. The van der Waals surface area contributed by atoms with E-state index < -0.39 is 26.9 Å². The average Bonchev–Trinajstić information content (AvgIpc) is 2.63. The van der Waals surface area contributed by atoms with Crippen LogP contribution >= 0.6 is 0 Å². The molecule has 0 aliphatic rings. The number of aryl methyl sites for hydroxylation is 2. The van der Waals surface area contributed by atoms with Gasteiger partial charge in [0.05, 0.1) is 4.90 Å². The van der Waals surface area contributed by atoms with Gasteiger partial charge in [-0.1, -0.05) is 12.1 Å². The van der Waals surface area contributed by atoms with E-state index in [-0.39, 0.29) is 11.4 Å². The van der Waals surface area contributed by atoms with E-state index >= 15 is 0 Å². The molecular weight excluding hydrogens is 354 g/mol. The van der Waals surface area contributed by atoms with Crippen LogP contribution in [0.15, 0.2) is 47.6 Å². The van der Waals surface area contributed by atoms with Gasteiger partial charge in [0.1, 0.15) is 5.25 Å². The second-order valence-corrected chi connectivity index (χ2v) is 7.99. The van der Waals surface area contributed by atoms with E-state index in [2.05, 4.69) is 15.6 Å². The molecule has 8 heteroatoms. The number of likely N-dealkylation sites (N-methyl/N-ethyl adjacent to an activating group) is 1. The van der Waals surface area contributed by atoms with Crippen molar-refractivity contribution in [1.29, 1.82) is 0 Å². The van der Waals surface area contributed by atoms with Crippen LogP contribution in [0.4, 0.5) is 0 Å². The molecule has 0 aliphatic carbocycles. The van der Waals surface area contributed by atoms with Gasteiger partial charge < -0.3 is 10.6 Å². The summed E-state index contributed by atoms with van der Waals surface area (Å²) in [6, 6.07) is 8.14. The Balaban J connectivity index is 2.41. The van der Waals surface area contributed by atoms with Crippen LogP contribution in [0.1, 0.15) is 21.9 Å². The SMILES string of the molecule is CNC(=O)C(=O)NC[C@@H](c1cccnc1)S(=O)(=O)c1ccc(C)c(C)c1. The molecule has 1 aromatic carbocycles. The van der Waals surface area contributed by atoms with E-state index in [4.69, 9.17) is 0 Å². The highest BCUT2D eigenvalue weighted by Crippen LogP contribution is 2.29. The highest BCUT2D eigenvalue weighted by molar-refractivity contribution is 7.91. The standard InChI is InChI=1S/C18H21N3O4S/c1-12-6-7-15(9-13(12)2)26(24,25)16(14-5-4-8-20-10-14)11-21-18(23)17(22)19-3/h4-10,16H,11H2,1-3H3,(H,19,22)(H,21,23)/t16-/m0/s1. The lowest BCUT2D eigenvalue weighted by Gasteiger charge is -2.19. The third-order valence-electron chi connectivity index (χ3n) is 4.12. The van der Waals surface area contributed by atoms with Gasteiger partial charge in [-0.3, -0.25) is 14.6 Å². The van der Waals surface area contributed by atoms with Crippen LogP contribution in [-0.4, -0.2) is 38.8 Å². The molecule has 1 aromatic heterocycles. The molecule has 138 valence electrons. The lowest BCUT2D eigenvalue weighted by atomic mass is 10.1. The molecule has 0 bridgehead atoms. The molecule has 2 aromatic rings. The first kappa shape index (κ1) is 19.6. The third-order valence-corrected chi connectivity index (χ3v) is 6.22. The van der Waals surface area contributed by atoms with Gasteiger partial charge in [0.2, 0.25) is 0 Å². The Kier molecular flexibility index (Phi) is 6.10. The fraction of sp³-hybridized carbons (Fsp3) is 0.278. The van der Waals surface area contributed by atoms with Gasteiger partial charge in [-0.2, -0.15) is 0 Å². The zero-order valence-corrected chi connectivity index (χ0v) is 15.6. The second-order valence-electron chi connectivity index (χ2n) is 5.86. The van der Waals surface area contributed by atoms with Crippen molar-refractivity contribution < 1.29 is 18.0 Å². The molecule has 0 fully saturated rings. The Morgan fingerprint density at radius 1 is 1.12 bits per heavy atom. The molecule has 0 saturated carbocycles. The average molecular weight is 375 g/mol. The predicted molar refractivity (Wildman–Crippen MR) is 97.2 cm³/mol.